The number of aliphatic hydroxyl groups is 1. The summed E-state index contributed by atoms with van der Waals surface area (Å²) in [6.07, 6.45) is 3.93. The third-order valence-electron chi connectivity index (χ3n) is 5.18. The second kappa shape index (κ2) is 6.40. The summed E-state index contributed by atoms with van der Waals surface area (Å²) in [6.45, 7) is 4.36. The van der Waals surface area contributed by atoms with Crippen molar-refractivity contribution in [2.45, 2.75) is 64.1 Å². The van der Waals surface area contributed by atoms with Gasteiger partial charge in [-0.15, -0.1) is 0 Å². The summed E-state index contributed by atoms with van der Waals surface area (Å²) in [5, 5.41) is 22.6. The van der Waals surface area contributed by atoms with Crippen LogP contribution < -0.4 is 5.32 Å². The molecule has 23 heavy (non-hydrogen) atoms. The summed E-state index contributed by atoms with van der Waals surface area (Å²) in [6, 6.07) is 4.32. The summed E-state index contributed by atoms with van der Waals surface area (Å²) in [5.41, 5.74) is 2.86. The molecule has 0 unspecified atom stereocenters. The zero-order valence-corrected chi connectivity index (χ0v) is 13.9. The normalized spacial score (nSPS) is 26.4. The number of piperidine rings is 1. The maximum absolute atomic E-state index is 12.4. The number of nitrogens with zero attached hydrogens (tertiary/aromatic N) is 1. The van der Waals surface area contributed by atoms with Crippen LogP contribution in [0.25, 0.3) is 0 Å². The van der Waals surface area contributed by atoms with Crippen molar-refractivity contribution in [3.8, 4) is 5.75 Å². The Kier molecular flexibility index (Phi) is 4.48. The number of phenols is 1. The summed E-state index contributed by atoms with van der Waals surface area (Å²) >= 11 is 0. The highest BCUT2D eigenvalue weighted by atomic mass is 16.3. The number of carbonyl (C=O) groups excluding carboxylic acids is 1. The van der Waals surface area contributed by atoms with E-state index in [1.165, 1.54) is 0 Å². The van der Waals surface area contributed by atoms with E-state index < -0.39 is 0 Å². The van der Waals surface area contributed by atoms with Crippen molar-refractivity contribution in [3.63, 3.8) is 0 Å². The zero-order valence-electron chi connectivity index (χ0n) is 13.9. The number of nitrogens with one attached hydrogen (secondary N) is 1. The monoisotopic (exact) mass is 318 g/mol. The quantitative estimate of drug-likeness (QED) is 0.800. The zero-order chi connectivity index (χ0) is 16.6. The Morgan fingerprint density at radius 3 is 2.35 bits per heavy atom. The molecule has 126 valence electrons. The standard InChI is InChI=1S/C18H26N2O3/c1-11-7-13(8-12(2)17(11)22)5-6-19-18(23)20-14-3-4-15(20)10-16(21)9-14/h7-8,14-16,21-22H,3-6,9-10H2,1-2H3,(H,19,23)/t14-,15-/m0/s1. The molecule has 1 aromatic rings. The third-order valence-corrected chi connectivity index (χ3v) is 5.18. The van der Waals surface area contributed by atoms with Gasteiger partial charge in [0.1, 0.15) is 5.75 Å². The fourth-order valence-electron chi connectivity index (χ4n) is 4.07. The summed E-state index contributed by atoms with van der Waals surface area (Å²) in [4.78, 5) is 14.4. The lowest BCUT2D eigenvalue weighted by Gasteiger charge is -2.37. The smallest absolute Gasteiger partial charge is 0.317 e. The average molecular weight is 318 g/mol. The Bertz CT molecular complexity index is 565. The van der Waals surface area contributed by atoms with Crippen LogP contribution in [0.1, 0.15) is 42.4 Å². The van der Waals surface area contributed by atoms with Crippen LogP contribution in [-0.2, 0) is 6.42 Å². The summed E-state index contributed by atoms with van der Waals surface area (Å²) < 4.78 is 0. The highest BCUT2D eigenvalue weighted by Gasteiger charge is 2.42. The van der Waals surface area contributed by atoms with Crippen LogP contribution in [0.5, 0.6) is 5.75 Å². The molecule has 0 aromatic heterocycles. The minimum Gasteiger partial charge on any atom is -0.507 e. The van der Waals surface area contributed by atoms with Crippen molar-refractivity contribution in [1.82, 2.24) is 10.2 Å². The Morgan fingerprint density at radius 1 is 1.22 bits per heavy atom. The first-order valence-electron chi connectivity index (χ1n) is 8.49. The molecule has 2 saturated heterocycles. The van der Waals surface area contributed by atoms with Gasteiger partial charge < -0.3 is 20.4 Å². The third kappa shape index (κ3) is 3.29. The number of benzene rings is 1. The van der Waals surface area contributed by atoms with E-state index in [0.29, 0.717) is 25.1 Å². The van der Waals surface area contributed by atoms with E-state index >= 15 is 0 Å². The number of fused-ring (bicyclic) bond motifs is 2. The second-order valence-corrected chi connectivity index (χ2v) is 6.98. The van der Waals surface area contributed by atoms with Gasteiger partial charge in [-0.25, -0.2) is 4.79 Å². The van der Waals surface area contributed by atoms with Gasteiger partial charge in [-0.2, -0.15) is 0 Å². The number of phenolic OH excluding ortho intramolecular Hbond substituents is 1. The number of amides is 2. The molecule has 2 atom stereocenters. The van der Waals surface area contributed by atoms with E-state index in [2.05, 4.69) is 5.32 Å². The lowest BCUT2D eigenvalue weighted by molar-refractivity contribution is 0.0543. The molecule has 1 aromatic carbocycles. The maximum atomic E-state index is 12.4. The SMILES string of the molecule is Cc1cc(CCNC(=O)N2[C@H]3CC[C@H]2CC(O)C3)cc(C)c1O. The number of hydrogen-bond donors (Lipinski definition) is 3. The molecule has 2 amide bonds. The van der Waals surface area contributed by atoms with Crippen molar-refractivity contribution in [3.05, 3.63) is 28.8 Å². The van der Waals surface area contributed by atoms with Gasteiger partial charge in [-0.1, -0.05) is 12.1 Å². The molecule has 2 heterocycles. The lowest BCUT2D eigenvalue weighted by atomic mass is 10.0. The molecule has 3 rings (SSSR count). The van der Waals surface area contributed by atoms with Crippen LogP contribution in [-0.4, -0.2) is 45.9 Å². The minimum atomic E-state index is -0.250. The van der Waals surface area contributed by atoms with Crippen LogP contribution in [0.3, 0.4) is 0 Å². The Hall–Kier alpha value is -1.75. The Balaban J connectivity index is 1.54. The van der Waals surface area contributed by atoms with Crippen LogP contribution in [0.15, 0.2) is 12.1 Å². The van der Waals surface area contributed by atoms with Gasteiger partial charge in [0.25, 0.3) is 0 Å². The molecular formula is C18H26N2O3. The van der Waals surface area contributed by atoms with Crippen LogP contribution in [0, 0.1) is 13.8 Å². The molecule has 0 spiro atoms. The molecule has 0 radical (unpaired) electrons. The average Bonchev–Trinajstić information content (AvgIpc) is 2.76. The second-order valence-electron chi connectivity index (χ2n) is 6.98. The predicted molar refractivity (Wildman–Crippen MR) is 88.6 cm³/mol. The van der Waals surface area contributed by atoms with Crippen LogP contribution in [0.4, 0.5) is 4.79 Å². The van der Waals surface area contributed by atoms with Gasteiger partial charge >= 0.3 is 6.03 Å². The van der Waals surface area contributed by atoms with Gasteiger partial charge in [-0.05, 0) is 62.6 Å². The lowest BCUT2D eigenvalue weighted by Crippen LogP contribution is -2.52. The highest BCUT2D eigenvalue weighted by molar-refractivity contribution is 5.75. The largest absolute Gasteiger partial charge is 0.507 e. The van der Waals surface area contributed by atoms with Crippen molar-refractivity contribution in [1.29, 1.82) is 0 Å². The molecule has 2 aliphatic heterocycles. The summed E-state index contributed by atoms with van der Waals surface area (Å²) in [7, 11) is 0. The van der Waals surface area contributed by atoms with Gasteiger partial charge in [0.15, 0.2) is 0 Å². The number of aryl methyl sites for hydroxylation is 2. The van der Waals surface area contributed by atoms with Gasteiger partial charge in [0.05, 0.1) is 6.10 Å². The first-order chi connectivity index (χ1) is 11.0. The van der Waals surface area contributed by atoms with E-state index in [4.69, 9.17) is 0 Å². The fourth-order valence-corrected chi connectivity index (χ4v) is 4.07. The number of aromatic hydroxyl groups is 1. The minimum absolute atomic E-state index is 0.00313. The predicted octanol–water partition coefficient (Wildman–Crippen LogP) is 2.25. The first kappa shape index (κ1) is 16.1. The van der Waals surface area contributed by atoms with Crippen molar-refractivity contribution < 1.29 is 15.0 Å². The van der Waals surface area contributed by atoms with Gasteiger partial charge in [0.2, 0.25) is 0 Å². The number of aliphatic hydroxyl groups excluding tert-OH is 1. The van der Waals surface area contributed by atoms with Crippen LogP contribution in [0.2, 0.25) is 0 Å². The fraction of sp³-hybridized carbons (Fsp3) is 0.611. The van der Waals surface area contributed by atoms with Crippen LogP contribution >= 0.6 is 0 Å². The molecule has 5 heteroatoms. The Labute approximate surface area is 137 Å². The maximum Gasteiger partial charge on any atom is 0.317 e. The Morgan fingerprint density at radius 2 is 1.78 bits per heavy atom. The van der Waals surface area contributed by atoms with Crippen molar-refractivity contribution in [2.24, 2.45) is 0 Å². The molecule has 3 N–H and O–H groups in total. The number of urea groups is 1. The van der Waals surface area contributed by atoms with Crippen molar-refractivity contribution in [2.75, 3.05) is 6.54 Å². The molecule has 2 aliphatic rings. The van der Waals surface area contributed by atoms with Gasteiger partial charge in [-0.3, -0.25) is 0 Å². The molecule has 0 aliphatic carbocycles. The number of hydrogen-bond acceptors (Lipinski definition) is 3. The highest BCUT2D eigenvalue weighted by Crippen LogP contribution is 2.35. The van der Waals surface area contributed by atoms with E-state index in [9.17, 15) is 15.0 Å². The number of carbonyl (C=O) groups is 1. The van der Waals surface area contributed by atoms with E-state index in [1.54, 1.807) is 0 Å². The van der Waals surface area contributed by atoms with Gasteiger partial charge in [0, 0.05) is 18.6 Å². The van der Waals surface area contributed by atoms with E-state index in [1.807, 2.05) is 30.9 Å². The molecule has 0 saturated carbocycles. The van der Waals surface area contributed by atoms with E-state index in [-0.39, 0.29) is 24.2 Å². The molecule has 2 fully saturated rings. The topological polar surface area (TPSA) is 72.8 Å². The molecular weight excluding hydrogens is 292 g/mol. The van der Waals surface area contributed by atoms with E-state index in [0.717, 1.165) is 36.0 Å². The first-order valence-corrected chi connectivity index (χ1v) is 8.49. The van der Waals surface area contributed by atoms with Crippen molar-refractivity contribution >= 4 is 6.03 Å². The number of rotatable bonds is 3. The molecule has 2 bridgehead atoms. The molecule has 5 nitrogen and oxygen atoms in total. The summed E-state index contributed by atoms with van der Waals surface area (Å²) in [5.74, 6) is 0.348.